The first-order chi connectivity index (χ1) is 12.3. The average molecular weight is 394 g/mol. The molecular weight excluding hydrogens is 381 g/mol. The second-order valence-corrected chi connectivity index (χ2v) is 6.26. The molecule has 0 aliphatic heterocycles. The molecule has 0 bridgehead atoms. The first-order valence-corrected chi connectivity index (χ1v) is 8.10. The maximum absolute atomic E-state index is 12.7. The number of aryl methyl sites for hydroxylation is 1. The summed E-state index contributed by atoms with van der Waals surface area (Å²) >= 11 is 12.2. The number of hydrogen-bond acceptors (Lipinski definition) is 4. The summed E-state index contributed by atoms with van der Waals surface area (Å²) in [4.78, 5) is 28.4. The van der Waals surface area contributed by atoms with Crippen LogP contribution in [0.25, 0.3) is 11.0 Å². The zero-order chi connectivity index (χ0) is 19.0. The van der Waals surface area contributed by atoms with Crippen LogP contribution in [-0.4, -0.2) is 33.6 Å². The predicted molar refractivity (Wildman–Crippen MR) is 98.6 cm³/mol. The third-order valence-corrected chi connectivity index (χ3v) is 4.40. The van der Waals surface area contributed by atoms with E-state index >= 15 is 0 Å². The number of fused-ring (bicyclic) bond motifs is 1. The van der Waals surface area contributed by atoms with Crippen molar-refractivity contribution in [2.24, 2.45) is 7.05 Å². The Balaban J connectivity index is 2.06. The van der Waals surface area contributed by atoms with Crippen LogP contribution >= 0.6 is 23.2 Å². The topological polar surface area (TPSA) is 93.4 Å². The Morgan fingerprint density at radius 3 is 2.58 bits per heavy atom. The molecule has 9 heteroatoms. The van der Waals surface area contributed by atoms with Gasteiger partial charge in [-0.05, 0) is 24.3 Å². The van der Waals surface area contributed by atoms with Gasteiger partial charge in [-0.2, -0.15) is 0 Å². The Hall–Kier alpha value is -2.77. The van der Waals surface area contributed by atoms with Crippen LogP contribution in [0.2, 0.25) is 10.0 Å². The van der Waals surface area contributed by atoms with Gasteiger partial charge < -0.3 is 19.7 Å². The standard InChI is InChI=1S/C17H13Cl2N3O4/c1-22-7-20-12-6-8(5-9(14(12)22)17(24)25)21-16(23)13-10(18)3-4-11(19)15(13)26-2/h3-7H,1-2H3,(H,21,23)(H,24,25). The second-order valence-electron chi connectivity index (χ2n) is 5.44. The highest BCUT2D eigenvalue weighted by Crippen LogP contribution is 2.34. The lowest BCUT2D eigenvalue weighted by Gasteiger charge is -2.13. The Kier molecular flexibility index (Phi) is 4.76. The van der Waals surface area contributed by atoms with Gasteiger partial charge in [-0.3, -0.25) is 4.79 Å². The van der Waals surface area contributed by atoms with E-state index in [0.717, 1.165) is 0 Å². The number of carboxylic acids is 1. The number of nitrogens with one attached hydrogen (secondary N) is 1. The Morgan fingerprint density at radius 2 is 1.92 bits per heavy atom. The summed E-state index contributed by atoms with van der Waals surface area (Å²) in [6.45, 7) is 0. The Labute approximate surface area is 158 Å². The van der Waals surface area contributed by atoms with Gasteiger partial charge in [0.2, 0.25) is 0 Å². The van der Waals surface area contributed by atoms with Gasteiger partial charge in [-0.25, -0.2) is 9.78 Å². The van der Waals surface area contributed by atoms with Crippen molar-refractivity contribution in [2.75, 3.05) is 12.4 Å². The molecule has 3 rings (SSSR count). The molecule has 134 valence electrons. The first-order valence-electron chi connectivity index (χ1n) is 7.35. The number of amides is 1. The molecule has 1 heterocycles. The maximum atomic E-state index is 12.7. The molecule has 1 amide bonds. The van der Waals surface area contributed by atoms with Crippen molar-refractivity contribution in [3.63, 3.8) is 0 Å². The summed E-state index contributed by atoms with van der Waals surface area (Å²) in [5.74, 6) is -1.58. The number of carbonyl (C=O) groups is 2. The molecule has 2 N–H and O–H groups in total. The van der Waals surface area contributed by atoms with Crippen molar-refractivity contribution in [2.45, 2.75) is 0 Å². The smallest absolute Gasteiger partial charge is 0.337 e. The van der Waals surface area contributed by atoms with Crippen molar-refractivity contribution in [1.29, 1.82) is 0 Å². The largest absolute Gasteiger partial charge is 0.494 e. The molecular formula is C17H13Cl2N3O4. The van der Waals surface area contributed by atoms with E-state index in [1.165, 1.54) is 31.6 Å². The highest BCUT2D eigenvalue weighted by Gasteiger charge is 2.21. The number of nitrogens with zero attached hydrogens (tertiary/aromatic N) is 2. The fraction of sp³-hybridized carbons (Fsp3) is 0.118. The Morgan fingerprint density at radius 1 is 1.23 bits per heavy atom. The lowest BCUT2D eigenvalue weighted by molar-refractivity contribution is 0.0698. The molecule has 0 aliphatic rings. The third kappa shape index (κ3) is 3.07. The summed E-state index contributed by atoms with van der Waals surface area (Å²) in [6, 6.07) is 5.92. The maximum Gasteiger partial charge on any atom is 0.337 e. The molecule has 0 radical (unpaired) electrons. The summed E-state index contributed by atoms with van der Waals surface area (Å²) in [5, 5.41) is 12.5. The van der Waals surface area contributed by atoms with Crippen LogP contribution in [0.5, 0.6) is 5.75 Å². The van der Waals surface area contributed by atoms with Crippen molar-refractivity contribution in [3.8, 4) is 5.75 Å². The second kappa shape index (κ2) is 6.86. The van der Waals surface area contributed by atoms with Crippen LogP contribution in [0, 0.1) is 0 Å². The fourth-order valence-corrected chi connectivity index (χ4v) is 3.14. The van der Waals surface area contributed by atoms with Crippen molar-refractivity contribution in [1.82, 2.24) is 9.55 Å². The van der Waals surface area contributed by atoms with Crippen LogP contribution in [0.3, 0.4) is 0 Å². The summed E-state index contributed by atoms with van der Waals surface area (Å²) in [5.41, 5.74) is 1.22. The monoisotopic (exact) mass is 393 g/mol. The molecule has 0 saturated heterocycles. The summed E-state index contributed by atoms with van der Waals surface area (Å²) in [7, 11) is 3.06. The minimum atomic E-state index is -1.13. The van der Waals surface area contributed by atoms with E-state index in [-0.39, 0.29) is 32.6 Å². The quantitative estimate of drug-likeness (QED) is 0.702. The van der Waals surface area contributed by atoms with Gasteiger partial charge in [0.05, 0.1) is 40.1 Å². The number of anilines is 1. The van der Waals surface area contributed by atoms with Gasteiger partial charge in [0, 0.05) is 12.7 Å². The molecule has 0 spiro atoms. The first kappa shape index (κ1) is 18.0. The molecule has 1 aromatic heterocycles. The summed E-state index contributed by atoms with van der Waals surface area (Å²) in [6.07, 6.45) is 1.50. The van der Waals surface area contributed by atoms with Gasteiger partial charge in [-0.15, -0.1) is 0 Å². The number of halogens is 2. The zero-order valence-corrected chi connectivity index (χ0v) is 15.2. The van der Waals surface area contributed by atoms with Crippen LogP contribution in [-0.2, 0) is 7.05 Å². The number of methoxy groups -OCH3 is 1. The average Bonchev–Trinajstić information content (AvgIpc) is 2.96. The van der Waals surface area contributed by atoms with Crippen LogP contribution in [0.15, 0.2) is 30.6 Å². The number of imidazole rings is 1. The molecule has 7 nitrogen and oxygen atoms in total. The van der Waals surface area contributed by atoms with Gasteiger partial charge in [0.1, 0.15) is 5.56 Å². The number of aromatic carboxylic acids is 1. The summed E-state index contributed by atoms with van der Waals surface area (Å²) < 4.78 is 6.76. The highest BCUT2D eigenvalue weighted by atomic mass is 35.5. The predicted octanol–water partition coefficient (Wildman–Crippen LogP) is 3.84. The number of carboxylic acid groups (broad SMARTS) is 1. The van der Waals surface area contributed by atoms with E-state index in [9.17, 15) is 14.7 Å². The van der Waals surface area contributed by atoms with Gasteiger partial charge in [0.25, 0.3) is 5.91 Å². The van der Waals surface area contributed by atoms with Crippen LogP contribution in [0.1, 0.15) is 20.7 Å². The minimum absolute atomic E-state index is 0.0157. The number of ether oxygens (including phenoxy) is 1. The van der Waals surface area contributed by atoms with Gasteiger partial charge >= 0.3 is 5.97 Å². The third-order valence-electron chi connectivity index (χ3n) is 3.79. The SMILES string of the molecule is COc1c(Cl)ccc(Cl)c1C(=O)Nc1cc(C(=O)O)c2c(c1)ncn2C. The molecule has 3 aromatic rings. The lowest BCUT2D eigenvalue weighted by Crippen LogP contribution is -2.15. The molecule has 0 saturated carbocycles. The van der Waals surface area contributed by atoms with E-state index in [1.54, 1.807) is 17.7 Å². The van der Waals surface area contributed by atoms with E-state index in [4.69, 9.17) is 27.9 Å². The van der Waals surface area contributed by atoms with E-state index in [0.29, 0.717) is 11.0 Å². The van der Waals surface area contributed by atoms with Crippen molar-refractivity contribution >= 4 is 51.8 Å². The van der Waals surface area contributed by atoms with Crippen LogP contribution in [0.4, 0.5) is 5.69 Å². The molecule has 2 aromatic carbocycles. The van der Waals surface area contributed by atoms with E-state index in [2.05, 4.69) is 10.3 Å². The molecule has 0 unspecified atom stereocenters. The molecule has 0 atom stereocenters. The minimum Gasteiger partial charge on any atom is -0.494 e. The number of hydrogen-bond donors (Lipinski definition) is 2. The van der Waals surface area contributed by atoms with Crippen LogP contribution < -0.4 is 10.1 Å². The van der Waals surface area contributed by atoms with E-state index < -0.39 is 11.9 Å². The Bertz CT molecular complexity index is 1050. The van der Waals surface area contributed by atoms with Gasteiger partial charge in [0.15, 0.2) is 5.75 Å². The zero-order valence-electron chi connectivity index (χ0n) is 13.7. The number of carbonyl (C=O) groups excluding carboxylic acids is 1. The van der Waals surface area contributed by atoms with Crippen molar-refractivity contribution in [3.05, 3.63) is 51.8 Å². The van der Waals surface area contributed by atoms with E-state index in [1.807, 2.05) is 0 Å². The molecule has 26 heavy (non-hydrogen) atoms. The molecule has 0 aliphatic carbocycles. The number of benzene rings is 2. The highest BCUT2D eigenvalue weighted by molar-refractivity contribution is 6.37. The van der Waals surface area contributed by atoms with Gasteiger partial charge in [-0.1, -0.05) is 23.2 Å². The molecule has 0 fully saturated rings. The fourth-order valence-electron chi connectivity index (χ4n) is 2.67. The number of aromatic nitrogens is 2. The lowest BCUT2D eigenvalue weighted by atomic mass is 10.1. The number of rotatable bonds is 4. The van der Waals surface area contributed by atoms with Crippen molar-refractivity contribution < 1.29 is 19.4 Å². The normalized spacial score (nSPS) is 10.8.